The minimum atomic E-state index is -0.169. The van der Waals surface area contributed by atoms with Crippen LogP contribution in [0.5, 0.6) is 0 Å². The first-order valence-electron chi connectivity index (χ1n) is 8.97. The van der Waals surface area contributed by atoms with Crippen molar-refractivity contribution in [3.8, 4) is 10.8 Å². The molecule has 3 heterocycles. The summed E-state index contributed by atoms with van der Waals surface area (Å²) in [6, 6.07) is 11.5. The second kappa shape index (κ2) is 7.99. The molecule has 0 aliphatic carbocycles. The molecule has 1 saturated heterocycles. The van der Waals surface area contributed by atoms with Crippen molar-refractivity contribution in [3.05, 3.63) is 42.2 Å². The molecular weight excluding hydrogens is 348 g/mol. The number of thiazole rings is 1. The second-order valence-electron chi connectivity index (χ2n) is 6.35. The molecule has 0 saturated carbocycles. The summed E-state index contributed by atoms with van der Waals surface area (Å²) in [6.07, 6.45) is 0.942. The molecule has 1 aliphatic rings. The number of carbonyl (C=O) groups is 1. The number of nitrogens with one attached hydrogen (secondary N) is 2. The molecule has 6 nitrogen and oxygen atoms in total. The van der Waals surface area contributed by atoms with Crippen LogP contribution in [0.3, 0.4) is 0 Å². The lowest BCUT2D eigenvalue weighted by molar-refractivity contribution is 0.0924. The lowest BCUT2D eigenvalue weighted by atomic mass is 10.3. The van der Waals surface area contributed by atoms with Crippen molar-refractivity contribution in [2.24, 2.45) is 0 Å². The van der Waals surface area contributed by atoms with E-state index in [1.54, 1.807) is 17.4 Å². The normalized spacial score (nSPS) is 15.4. The van der Waals surface area contributed by atoms with Crippen molar-refractivity contribution in [3.63, 3.8) is 0 Å². The van der Waals surface area contributed by atoms with Gasteiger partial charge in [0.05, 0.1) is 10.2 Å². The van der Waals surface area contributed by atoms with Gasteiger partial charge < -0.3 is 20.0 Å². The van der Waals surface area contributed by atoms with Gasteiger partial charge in [0.1, 0.15) is 0 Å². The lowest BCUT2D eigenvalue weighted by Crippen LogP contribution is -2.44. The maximum Gasteiger partial charge on any atom is 0.287 e. The zero-order valence-corrected chi connectivity index (χ0v) is 15.3. The fourth-order valence-corrected chi connectivity index (χ4v) is 4.01. The summed E-state index contributed by atoms with van der Waals surface area (Å²) in [5.74, 6) is 0.802. The molecule has 7 heteroatoms. The predicted octanol–water partition coefficient (Wildman–Crippen LogP) is 2.58. The summed E-state index contributed by atoms with van der Waals surface area (Å²) in [5.41, 5.74) is 0.947. The van der Waals surface area contributed by atoms with Crippen LogP contribution in [0, 0.1) is 0 Å². The molecule has 0 spiro atoms. The zero-order chi connectivity index (χ0) is 17.8. The minimum Gasteiger partial charge on any atom is -0.448 e. The van der Waals surface area contributed by atoms with Crippen molar-refractivity contribution in [2.75, 3.05) is 39.3 Å². The summed E-state index contributed by atoms with van der Waals surface area (Å²) in [5, 5.41) is 7.07. The Balaban J connectivity index is 1.31. The van der Waals surface area contributed by atoms with Crippen LogP contribution in [0.15, 0.2) is 40.8 Å². The van der Waals surface area contributed by atoms with E-state index in [4.69, 9.17) is 4.42 Å². The van der Waals surface area contributed by atoms with E-state index in [0.29, 0.717) is 18.1 Å². The van der Waals surface area contributed by atoms with Gasteiger partial charge in [-0.2, -0.15) is 0 Å². The summed E-state index contributed by atoms with van der Waals surface area (Å²) < 4.78 is 6.83. The number of para-hydroxylation sites is 1. The van der Waals surface area contributed by atoms with Crippen molar-refractivity contribution >= 4 is 27.5 Å². The minimum absolute atomic E-state index is 0.169. The Hall–Kier alpha value is -2.22. The van der Waals surface area contributed by atoms with Gasteiger partial charge in [0, 0.05) is 32.7 Å². The number of hydrogen-bond donors (Lipinski definition) is 2. The Kier molecular flexibility index (Phi) is 5.29. The van der Waals surface area contributed by atoms with Gasteiger partial charge in [-0.25, -0.2) is 4.98 Å². The van der Waals surface area contributed by atoms with Gasteiger partial charge in [0.25, 0.3) is 5.91 Å². The average molecular weight is 370 g/mol. The van der Waals surface area contributed by atoms with Gasteiger partial charge in [-0.3, -0.25) is 4.79 Å². The number of fused-ring (bicyclic) bond motifs is 1. The molecule has 0 bridgehead atoms. The Morgan fingerprint density at radius 2 is 2.08 bits per heavy atom. The molecule has 4 rings (SSSR count). The van der Waals surface area contributed by atoms with Crippen molar-refractivity contribution in [2.45, 2.75) is 6.42 Å². The second-order valence-corrected chi connectivity index (χ2v) is 7.38. The maximum absolute atomic E-state index is 12.3. The lowest BCUT2D eigenvalue weighted by Gasteiger charge is -2.26. The molecule has 0 atom stereocenters. The monoisotopic (exact) mass is 370 g/mol. The van der Waals surface area contributed by atoms with Crippen LogP contribution in [-0.2, 0) is 0 Å². The van der Waals surface area contributed by atoms with Crippen LogP contribution >= 0.6 is 11.3 Å². The van der Waals surface area contributed by atoms with Crippen LogP contribution in [0.1, 0.15) is 17.0 Å². The molecule has 3 aromatic rings. The van der Waals surface area contributed by atoms with Crippen LogP contribution < -0.4 is 10.6 Å². The number of piperazine rings is 1. The van der Waals surface area contributed by atoms with Crippen LogP contribution in [0.4, 0.5) is 0 Å². The van der Waals surface area contributed by atoms with Crippen molar-refractivity contribution in [1.82, 2.24) is 20.5 Å². The van der Waals surface area contributed by atoms with Gasteiger partial charge in [0.15, 0.2) is 16.5 Å². The van der Waals surface area contributed by atoms with Gasteiger partial charge in [-0.05, 0) is 37.2 Å². The molecule has 2 aromatic heterocycles. The molecule has 0 unspecified atom stereocenters. The first-order valence-corrected chi connectivity index (χ1v) is 9.78. The maximum atomic E-state index is 12.3. The highest BCUT2D eigenvalue weighted by atomic mass is 32.1. The number of benzene rings is 1. The molecule has 1 aliphatic heterocycles. The standard InChI is InChI=1S/C19H22N4O2S/c24-18(21-8-3-11-23-12-9-20-10-13-23)15-6-7-16(25-15)19-22-14-4-1-2-5-17(14)26-19/h1-2,4-7,20H,3,8-13H2,(H,21,24). The summed E-state index contributed by atoms with van der Waals surface area (Å²) in [4.78, 5) is 19.2. The predicted molar refractivity (Wildman–Crippen MR) is 104 cm³/mol. The van der Waals surface area contributed by atoms with Gasteiger partial charge in [-0.15, -0.1) is 11.3 Å². The third-order valence-corrected chi connectivity index (χ3v) is 5.53. The quantitative estimate of drug-likeness (QED) is 0.653. The fraction of sp³-hybridized carbons (Fsp3) is 0.368. The van der Waals surface area contributed by atoms with Crippen LogP contribution in [0.25, 0.3) is 21.0 Å². The smallest absolute Gasteiger partial charge is 0.287 e. The highest BCUT2D eigenvalue weighted by Gasteiger charge is 2.15. The SMILES string of the molecule is O=C(NCCCN1CCNCC1)c1ccc(-c2nc3ccccc3s2)o1. The Labute approximate surface area is 156 Å². The zero-order valence-electron chi connectivity index (χ0n) is 14.5. The number of nitrogens with zero attached hydrogens (tertiary/aromatic N) is 2. The number of amides is 1. The molecule has 26 heavy (non-hydrogen) atoms. The Morgan fingerprint density at radius 3 is 2.92 bits per heavy atom. The number of hydrogen-bond acceptors (Lipinski definition) is 6. The summed E-state index contributed by atoms with van der Waals surface area (Å²) in [6.45, 7) is 5.92. The van der Waals surface area contributed by atoms with Gasteiger partial charge in [-0.1, -0.05) is 12.1 Å². The van der Waals surface area contributed by atoms with E-state index in [1.807, 2.05) is 30.3 Å². The first-order chi connectivity index (χ1) is 12.8. The number of furan rings is 1. The van der Waals surface area contributed by atoms with E-state index >= 15 is 0 Å². The molecule has 1 fully saturated rings. The van der Waals surface area contributed by atoms with E-state index in [-0.39, 0.29) is 5.91 Å². The highest BCUT2D eigenvalue weighted by Crippen LogP contribution is 2.31. The van der Waals surface area contributed by atoms with Gasteiger partial charge in [0.2, 0.25) is 0 Å². The highest BCUT2D eigenvalue weighted by molar-refractivity contribution is 7.21. The number of carbonyl (C=O) groups excluding carboxylic acids is 1. The largest absolute Gasteiger partial charge is 0.448 e. The summed E-state index contributed by atoms with van der Waals surface area (Å²) >= 11 is 1.57. The van der Waals surface area contributed by atoms with E-state index < -0.39 is 0 Å². The Bertz CT molecular complexity index is 849. The van der Waals surface area contributed by atoms with Crippen molar-refractivity contribution < 1.29 is 9.21 Å². The van der Waals surface area contributed by atoms with E-state index in [1.165, 1.54) is 0 Å². The molecule has 2 N–H and O–H groups in total. The third-order valence-electron chi connectivity index (χ3n) is 4.48. The Morgan fingerprint density at radius 1 is 1.23 bits per heavy atom. The van der Waals surface area contributed by atoms with E-state index in [0.717, 1.165) is 54.4 Å². The fourth-order valence-electron chi connectivity index (χ4n) is 3.08. The van der Waals surface area contributed by atoms with Crippen LogP contribution in [-0.4, -0.2) is 55.1 Å². The summed E-state index contributed by atoms with van der Waals surface area (Å²) in [7, 11) is 0. The molecule has 136 valence electrons. The third kappa shape index (κ3) is 3.95. The van der Waals surface area contributed by atoms with E-state index in [9.17, 15) is 4.79 Å². The molecular formula is C19H22N4O2S. The van der Waals surface area contributed by atoms with E-state index in [2.05, 4.69) is 20.5 Å². The first kappa shape index (κ1) is 17.2. The molecule has 1 aromatic carbocycles. The topological polar surface area (TPSA) is 70.4 Å². The number of rotatable bonds is 6. The molecule has 1 amide bonds. The van der Waals surface area contributed by atoms with Gasteiger partial charge >= 0.3 is 0 Å². The average Bonchev–Trinajstić information content (AvgIpc) is 3.32. The molecule has 0 radical (unpaired) electrons. The van der Waals surface area contributed by atoms with Crippen molar-refractivity contribution in [1.29, 1.82) is 0 Å². The number of aromatic nitrogens is 1. The van der Waals surface area contributed by atoms with Crippen LogP contribution in [0.2, 0.25) is 0 Å².